The van der Waals surface area contributed by atoms with Crippen molar-refractivity contribution in [3.63, 3.8) is 0 Å². The number of carbonyl (C=O) groups is 1. The van der Waals surface area contributed by atoms with Crippen LogP contribution >= 0.6 is 0 Å². The lowest BCUT2D eigenvalue weighted by atomic mass is 10.1. The van der Waals surface area contributed by atoms with Crippen LogP contribution in [0.5, 0.6) is 0 Å². The molecule has 1 heterocycles. The van der Waals surface area contributed by atoms with Crippen molar-refractivity contribution in [2.45, 2.75) is 13.1 Å². The topological polar surface area (TPSA) is 90.0 Å². The van der Waals surface area contributed by atoms with Gasteiger partial charge in [0.05, 0.1) is 17.6 Å². The molecule has 0 aliphatic heterocycles. The number of H-pyrrole nitrogens is 1. The number of fused-ring (bicyclic) bond motifs is 1. The number of para-hydroxylation sites is 2. The maximum Gasteiger partial charge on any atom is 0.267 e. The number of amides is 1. The first-order valence-corrected chi connectivity index (χ1v) is 7.60. The number of nitrogens with zero attached hydrogens (tertiary/aromatic N) is 1. The van der Waals surface area contributed by atoms with E-state index >= 15 is 0 Å². The first-order valence-electron chi connectivity index (χ1n) is 7.60. The molecule has 0 atom stereocenters. The number of imidazole rings is 1. The van der Waals surface area contributed by atoms with Gasteiger partial charge in [0.15, 0.2) is 0 Å². The van der Waals surface area contributed by atoms with Crippen molar-refractivity contribution < 1.29 is 10.0 Å². The van der Waals surface area contributed by atoms with Gasteiger partial charge in [0.2, 0.25) is 0 Å². The van der Waals surface area contributed by atoms with Crippen LogP contribution in [0.3, 0.4) is 0 Å². The molecule has 0 saturated heterocycles. The fourth-order valence-electron chi connectivity index (χ4n) is 2.37. The molecule has 0 aliphatic rings. The Hall–Kier alpha value is -2.96. The van der Waals surface area contributed by atoms with Crippen LogP contribution in [0.1, 0.15) is 17.0 Å². The Labute approximate surface area is 139 Å². The molecule has 4 N–H and O–H groups in total. The van der Waals surface area contributed by atoms with Crippen LogP contribution in [0.25, 0.3) is 17.1 Å². The molecule has 0 aliphatic carbocycles. The molecule has 0 spiro atoms. The van der Waals surface area contributed by atoms with Crippen LogP contribution in [0.15, 0.2) is 54.6 Å². The largest absolute Gasteiger partial charge is 0.341 e. The van der Waals surface area contributed by atoms with Gasteiger partial charge in [-0.25, -0.2) is 10.5 Å². The summed E-state index contributed by atoms with van der Waals surface area (Å²) in [7, 11) is 0. The maximum atomic E-state index is 10.9. The Bertz CT molecular complexity index is 820. The van der Waals surface area contributed by atoms with Crippen molar-refractivity contribution in [1.82, 2.24) is 20.8 Å². The molecule has 24 heavy (non-hydrogen) atoms. The van der Waals surface area contributed by atoms with Gasteiger partial charge in [0.25, 0.3) is 5.91 Å². The molecule has 0 unspecified atom stereocenters. The third-order valence-electron chi connectivity index (χ3n) is 3.58. The highest BCUT2D eigenvalue weighted by atomic mass is 16.5. The summed E-state index contributed by atoms with van der Waals surface area (Å²) in [4.78, 5) is 18.7. The molecule has 6 heteroatoms. The summed E-state index contributed by atoms with van der Waals surface area (Å²) in [6.45, 7) is 1.38. The number of aromatic amines is 1. The highest BCUT2D eigenvalue weighted by Gasteiger charge is 2.01. The summed E-state index contributed by atoms with van der Waals surface area (Å²) in [6, 6.07) is 15.8. The zero-order valence-corrected chi connectivity index (χ0v) is 13.0. The summed E-state index contributed by atoms with van der Waals surface area (Å²) < 4.78 is 0. The number of hydrogen-bond donors (Lipinski definition) is 4. The van der Waals surface area contributed by atoms with Crippen LogP contribution in [0, 0.1) is 0 Å². The lowest BCUT2D eigenvalue weighted by Crippen LogP contribution is -2.14. The van der Waals surface area contributed by atoms with E-state index in [1.165, 1.54) is 6.08 Å². The van der Waals surface area contributed by atoms with Gasteiger partial charge >= 0.3 is 0 Å². The van der Waals surface area contributed by atoms with Gasteiger partial charge < -0.3 is 10.3 Å². The Morgan fingerprint density at radius 2 is 1.92 bits per heavy atom. The first kappa shape index (κ1) is 15.9. The standard InChI is InChI=1S/C18H18N4O2/c23-18(22-24)10-9-13-5-7-14(8-6-13)11-19-12-17-20-15-3-1-2-4-16(15)21-17/h1-10,19,24H,11-12H2,(H,20,21)(H,22,23). The van der Waals surface area contributed by atoms with Gasteiger partial charge in [-0.1, -0.05) is 36.4 Å². The van der Waals surface area contributed by atoms with Gasteiger partial charge in [-0.05, 0) is 29.3 Å². The Morgan fingerprint density at radius 3 is 2.67 bits per heavy atom. The summed E-state index contributed by atoms with van der Waals surface area (Å²) in [6.07, 6.45) is 2.91. The molecule has 3 rings (SSSR count). The second-order valence-corrected chi connectivity index (χ2v) is 5.36. The molecule has 1 amide bonds. The number of nitrogens with one attached hydrogen (secondary N) is 3. The van der Waals surface area contributed by atoms with Crippen molar-refractivity contribution in [3.8, 4) is 0 Å². The molecule has 0 bridgehead atoms. The van der Waals surface area contributed by atoms with E-state index in [1.807, 2.05) is 48.5 Å². The number of aromatic nitrogens is 2. The fraction of sp³-hybridized carbons (Fsp3) is 0.111. The first-order chi connectivity index (χ1) is 11.7. The number of rotatable bonds is 6. The summed E-state index contributed by atoms with van der Waals surface area (Å²) in [5.41, 5.74) is 5.59. The molecule has 0 fully saturated rings. The summed E-state index contributed by atoms with van der Waals surface area (Å²) in [5, 5.41) is 11.8. The van der Waals surface area contributed by atoms with Gasteiger partial charge in [-0.2, -0.15) is 0 Å². The van der Waals surface area contributed by atoms with E-state index in [4.69, 9.17) is 5.21 Å². The zero-order chi connectivity index (χ0) is 16.8. The van der Waals surface area contributed by atoms with Gasteiger partial charge in [-0.15, -0.1) is 0 Å². The van der Waals surface area contributed by atoms with Crippen LogP contribution in [-0.4, -0.2) is 21.1 Å². The zero-order valence-electron chi connectivity index (χ0n) is 13.0. The predicted octanol–water partition coefficient (Wildman–Crippen LogP) is 2.37. The average Bonchev–Trinajstić information content (AvgIpc) is 3.03. The molecule has 0 saturated carbocycles. The van der Waals surface area contributed by atoms with E-state index in [1.54, 1.807) is 11.6 Å². The number of carbonyl (C=O) groups excluding carboxylic acids is 1. The Morgan fingerprint density at radius 1 is 1.12 bits per heavy atom. The van der Waals surface area contributed by atoms with Crippen molar-refractivity contribution >= 4 is 23.0 Å². The van der Waals surface area contributed by atoms with Crippen molar-refractivity contribution in [2.75, 3.05) is 0 Å². The van der Waals surface area contributed by atoms with E-state index in [0.717, 1.165) is 34.5 Å². The number of benzene rings is 2. The van der Waals surface area contributed by atoms with Crippen LogP contribution in [0.4, 0.5) is 0 Å². The van der Waals surface area contributed by atoms with Crippen molar-refractivity contribution in [3.05, 3.63) is 71.6 Å². The van der Waals surface area contributed by atoms with Crippen LogP contribution in [-0.2, 0) is 17.9 Å². The minimum Gasteiger partial charge on any atom is -0.341 e. The summed E-state index contributed by atoms with van der Waals surface area (Å²) >= 11 is 0. The molecule has 2 aromatic carbocycles. The Balaban J connectivity index is 1.53. The van der Waals surface area contributed by atoms with E-state index in [-0.39, 0.29) is 0 Å². The third kappa shape index (κ3) is 4.07. The molecule has 3 aromatic rings. The van der Waals surface area contributed by atoms with Crippen molar-refractivity contribution in [2.24, 2.45) is 0 Å². The van der Waals surface area contributed by atoms with E-state index < -0.39 is 5.91 Å². The normalized spacial score (nSPS) is 11.2. The van der Waals surface area contributed by atoms with Crippen molar-refractivity contribution in [1.29, 1.82) is 0 Å². The molecular formula is C18H18N4O2. The minimum atomic E-state index is -0.549. The van der Waals surface area contributed by atoms with E-state index in [9.17, 15) is 4.79 Å². The lowest BCUT2D eigenvalue weighted by Gasteiger charge is -2.03. The summed E-state index contributed by atoms with van der Waals surface area (Å²) in [5.74, 6) is 0.359. The van der Waals surface area contributed by atoms with Crippen LogP contribution in [0.2, 0.25) is 0 Å². The molecule has 6 nitrogen and oxygen atoms in total. The molecular weight excluding hydrogens is 304 g/mol. The monoisotopic (exact) mass is 322 g/mol. The third-order valence-corrected chi connectivity index (χ3v) is 3.58. The average molecular weight is 322 g/mol. The van der Waals surface area contributed by atoms with Gasteiger partial charge in [0, 0.05) is 12.6 Å². The molecule has 1 aromatic heterocycles. The molecule has 0 radical (unpaired) electrons. The van der Waals surface area contributed by atoms with Gasteiger partial charge in [0.1, 0.15) is 5.82 Å². The highest BCUT2D eigenvalue weighted by Crippen LogP contribution is 2.10. The second kappa shape index (κ2) is 7.54. The van der Waals surface area contributed by atoms with Gasteiger partial charge in [-0.3, -0.25) is 10.0 Å². The smallest absolute Gasteiger partial charge is 0.267 e. The minimum absolute atomic E-state index is 0.549. The Kier molecular flexibility index (Phi) is 5.00. The van der Waals surface area contributed by atoms with E-state index in [0.29, 0.717) is 6.54 Å². The predicted molar refractivity (Wildman–Crippen MR) is 92.0 cm³/mol. The SMILES string of the molecule is O=C(C=Cc1ccc(CNCc2nc3ccccc3[nH]2)cc1)NO. The fourth-order valence-corrected chi connectivity index (χ4v) is 2.37. The number of hydrogen-bond acceptors (Lipinski definition) is 4. The number of hydroxylamine groups is 1. The van der Waals surface area contributed by atoms with E-state index in [2.05, 4.69) is 15.3 Å². The quantitative estimate of drug-likeness (QED) is 0.319. The second-order valence-electron chi connectivity index (χ2n) is 5.36. The highest BCUT2D eigenvalue weighted by molar-refractivity contribution is 5.90. The lowest BCUT2D eigenvalue weighted by molar-refractivity contribution is -0.124. The maximum absolute atomic E-state index is 10.9. The molecule has 122 valence electrons. The van der Waals surface area contributed by atoms with Crippen LogP contribution < -0.4 is 10.8 Å².